The molecule has 0 aliphatic carbocycles. The molecule has 3 unspecified atom stereocenters. The van der Waals surface area contributed by atoms with Crippen molar-refractivity contribution in [1.29, 1.82) is 0 Å². The number of likely N-dealkylation sites (tertiary alicyclic amines) is 1. The molecule has 1 aromatic carbocycles. The fraction of sp³-hybridized carbons (Fsp3) is 0.542. The van der Waals surface area contributed by atoms with Crippen molar-refractivity contribution in [2.24, 2.45) is 5.92 Å². The van der Waals surface area contributed by atoms with E-state index in [1.165, 1.54) is 5.56 Å². The molecule has 170 valence electrons. The average Bonchev–Trinajstić information content (AvgIpc) is 3.36. The van der Waals surface area contributed by atoms with Gasteiger partial charge in [-0.1, -0.05) is 37.3 Å². The normalized spacial score (nSPS) is 25.2. The van der Waals surface area contributed by atoms with Crippen molar-refractivity contribution in [2.75, 3.05) is 33.9 Å². The Morgan fingerprint density at radius 2 is 1.94 bits per heavy atom. The number of aromatic nitrogens is 4. The molecule has 2 aliphatic rings. The Labute approximate surface area is 188 Å². The van der Waals surface area contributed by atoms with Crippen molar-refractivity contribution in [1.82, 2.24) is 29.4 Å². The van der Waals surface area contributed by atoms with Crippen LogP contribution in [0.3, 0.4) is 0 Å². The number of hydrogen-bond acceptors (Lipinski definition) is 6. The zero-order chi connectivity index (χ0) is 22.2. The van der Waals surface area contributed by atoms with E-state index in [1.54, 1.807) is 10.7 Å². The number of H-pyrrole nitrogens is 1. The van der Waals surface area contributed by atoms with E-state index in [1.807, 2.05) is 6.07 Å². The van der Waals surface area contributed by atoms with Gasteiger partial charge in [0, 0.05) is 32.2 Å². The summed E-state index contributed by atoms with van der Waals surface area (Å²) >= 11 is 0. The van der Waals surface area contributed by atoms with Crippen molar-refractivity contribution in [3.63, 3.8) is 0 Å². The van der Waals surface area contributed by atoms with Gasteiger partial charge >= 0.3 is 0 Å². The van der Waals surface area contributed by atoms with Gasteiger partial charge < -0.3 is 9.72 Å². The lowest BCUT2D eigenvalue weighted by molar-refractivity contribution is 0.0831. The third-order valence-electron chi connectivity index (χ3n) is 6.94. The summed E-state index contributed by atoms with van der Waals surface area (Å²) in [5, 5.41) is 4.98. The van der Waals surface area contributed by atoms with Crippen LogP contribution in [0.5, 0.6) is 0 Å². The van der Waals surface area contributed by atoms with Crippen LogP contribution < -0.4 is 5.56 Å². The summed E-state index contributed by atoms with van der Waals surface area (Å²) in [5.74, 6) is 2.34. The lowest BCUT2D eigenvalue weighted by Crippen LogP contribution is -2.43. The second kappa shape index (κ2) is 8.77. The van der Waals surface area contributed by atoms with E-state index < -0.39 is 0 Å². The van der Waals surface area contributed by atoms with Crippen LogP contribution >= 0.6 is 0 Å². The second-order valence-electron chi connectivity index (χ2n) is 9.43. The van der Waals surface area contributed by atoms with Crippen LogP contribution in [0.4, 0.5) is 0 Å². The summed E-state index contributed by atoms with van der Waals surface area (Å²) in [6.45, 7) is 5.53. The molecular formula is C24H32N6O2. The monoisotopic (exact) mass is 436 g/mol. The summed E-state index contributed by atoms with van der Waals surface area (Å²) in [7, 11) is 4.21. The number of fused-ring (bicyclic) bond motifs is 1. The van der Waals surface area contributed by atoms with E-state index in [9.17, 15) is 4.79 Å². The molecule has 0 saturated carbocycles. The number of hydrogen-bond donors (Lipinski definition) is 1. The molecule has 2 saturated heterocycles. The smallest absolute Gasteiger partial charge is 0.276 e. The number of nitrogens with zero attached hydrogens (tertiary/aromatic N) is 5. The highest BCUT2D eigenvalue weighted by atomic mass is 16.5. The first-order chi connectivity index (χ1) is 15.5. The maximum Gasteiger partial charge on any atom is 0.276 e. The molecule has 5 rings (SSSR count). The number of rotatable bonds is 5. The maximum atomic E-state index is 13.0. The van der Waals surface area contributed by atoms with Crippen molar-refractivity contribution in [2.45, 2.75) is 44.3 Å². The van der Waals surface area contributed by atoms with Gasteiger partial charge in [-0.3, -0.25) is 14.6 Å². The molecule has 3 atom stereocenters. The van der Waals surface area contributed by atoms with Crippen LogP contribution in [0.2, 0.25) is 0 Å². The number of aromatic amines is 1. The van der Waals surface area contributed by atoms with Gasteiger partial charge in [-0.25, -0.2) is 9.50 Å². The average molecular weight is 437 g/mol. The van der Waals surface area contributed by atoms with Gasteiger partial charge in [0.2, 0.25) is 0 Å². The molecule has 0 amide bonds. The number of nitrogens with one attached hydrogen (secondary N) is 1. The standard InChI is InChI=1S/C24H32N6O2/c1-16-14-29(15-17-7-5-4-6-8-17)24(28(2)3)20(16)21-26-23(31)19-13-25-22(30(19)27-21)18-9-11-32-12-10-18/h4-8,13,16,18,20,24H,9-12,14-15H2,1-3H3,(H,26,27,31). The summed E-state index contributed by atoms with van der Waals surface area (Å²) in [6, 6.07) is 10.6. The van der Waals surface area contributed by atoms with Crippen molar-refractivity contribution in [3.8, 4) is 0 Å². The van der Waals surface area contributed by atoms with Crippen LogP contribution in [0.25, 0.3) is 5.52 Å². The molecule has 2 fully saturated rings. The molecule has 2 aromatic heterocycles. The lowest BCUT2D eigenvalue weighted by atomic mass is 9.94. The van der Waals surface area contributed by atoms with Crippen LogP contribution in [-0.4, -0.2) is 69.4 Å². The van der Waals surface area contributed by atoms with Crippen LogP contribution in [0, 0.1) is 5.92 Å². The third-order valence-corrected chi connectivity index (χ3v) is 6.94. The molecule has 1 N–H and O–H groups in total. The number of likely N-dealkylation sites (N-methyl/N-ethyl adjacent to an activating group) is 1. The predicted octanol–water partition coefficient (Wildman–Crippen LogP) is 2.43. The quantitative estimate of drug-likeness (QED) is 0.662. The highest BCUT2D eigenvalue weighted by Gasteiger charge is 2.43. The topological polar surface area (TPSA) is 78.8 Å². The van der Waals surface area contributed by atoms with Crippen molar-refractivity contribution < 1.29 is 4.74 Å². The lowest BCUT2D eigenvalue weighted by Gasteiger charge is -2.33. The van der Waals surface area contributed by atoms with Gasteiger partial charge in [-0.05, 0) is 38.4 Å². The van der Waals surface area contributed by atoms with Gasteiger partial charge in [0.25, 0.3) is 5.56 Å². The van der Waals surface area contributed by atoms with Gasteiger partial charge in [0.15, 0.2) is 5.52 Å². The van der Waals surface area contributed by atoms with Crippen LogP contribution in [-0.2, 0) is 11.3 Å². The minimum atomic E-state index is -0.118. The molecule has 4 heterocycles. The zero-order valence-electron chi connectivity index (χ0n) is 19.1. The fourth-order valence-electron chi connectivity index (χ4n) is 5.46. The first-order valence-corrected chi connectivity index (χ1v) is 11.5. The van der Waals surface area contributed by atoms with Gasteiger partial charge in [0.05, 0.1) is 18.3 Å². The van der Waals surface area contributed by atoms with Crippen molar-refractivity contribution >= 4 is 5.52 Å². The van der Waals surface area contributed by atoms with E-state index in [0.717, 1.165) is 50.8 Å². The number of benzene rings is 1. The Kier molecular flexibility index (Phi) is 5.84. The second-order valence-corrected chi connectivity index (χ2v) is 9.43. The molecule has 0 bridgehead atoms. The SMILES string of the molecule is CC1CN(Cc2ccccc2)C(N(C)C)C1c1nn2c(C3CCOCC3)ncc2c(=O)[nH]1. The largest absolute Gasteiger partial charge is 0.381 e. The molecule has 32 heavy (non-hydrogen) atoms. The number of ether oxygens (including phenoxy) is 1. The Bertz CT molecular complexity index is 1120. The Hall–Kier alpha value is -2.55. The Morgan fingerprint density at radius 3 is 2.66 bits per heavy atom. The molecule has 3 aromatic rings. The van der Waals surface area contributed by atoms with E-state index in [0.29, 0.717) is 11.4 Å². The van der Waals surface area contributed by atoms with Gasteiger partial charge in [-0.15, -0.1) is 0 Å². The molecule has 0 spiro atoms. The Morgan fingerprint density at radius 1 is 1.19 bits per heavy atom. The first-order valence-electron chi connectivity index (χ1n) is 11.5. The maximum absolute atomic E-state index is 13.0. The molecule has 2 aliphatic heterocycles. The van der Waals surface area contributed by atoms with E-state index in [-0.39, 0.29) is 23.6 Å². The highest BCUT2D eigenvalue weighted by Crippen LogP contribution is 2.38. The highest BCUT2D eigenvalue weighted by molar-refractivity contribution is 5.42. The summed E-state index contributed by atoms with van der Waals surface area (Å²) in [6.07, 6.45) is 3.62. The van der Waals surface area contributed by atoms with Gasteiger partial charge in [-0.2, -0.15) is 5.10 Å². The van der Waals surface area contributed by atoms with Crippen molar-refractivity contribution in [3.05, 3.63) is 64.1 Å². The minimum absolute atomic E-state index is 0.0933. The minimum Gasteiger partial charge on any atom is -0.381 e. The van der Waals surface area contributed by atoms with Gasteiger partial charge in [0.1, 0.15) is 11.6 Å². The van der Waals surface area contributed by atoms with E-state index >= 15 is 0 Å². The summed E-state index contributed by atoms with van der Waals surface area (Å²) in [4.78, 5) is 25.4. The fourth-order valence-corrected chi connectivity index (χ4v) is 5.46. The summed E-state index contributed by atoms with van der Waals surface area (Å²) < 4.78 is 7.31. The van der Waals surface area contributed by atoms with Crippen LogP contribution in [0.15, 0.2) is 41.3 Å². The molecule has 0 radical (unpaired) electrons. The summed E-state index contributed by atoms with van der Waals surface area (Å²) in [5.41, 5.74) is 1.69. The van der Waals surface area contributed by atoms with E-state index in [4.69, 9.17) is 9.84 Å². The third kappa shape index (κ3) is 3.87. The molecular weight excluding hydrogens is 404 g/mol. The predicted molar refractivity (Wildman–Crippen MR) is 123 cm³/mol. The first kappa shape index (κ1) is 21.3. The molecule has 8 nitrogen and oxygen atoms in total. The van der Waals surface area contributed by atoms with Crippen LogP contribution in [0.1, 0.15) is 48.8 Å². The Balaban J connectivity index is 1.52. The van der Waals surface area contributed by atoms with E-state index in [2.05, 4.69) is 65.1 Å². The molecule has 8 heteroatoms. The zero-order valence-corrected chi connectivity index (χ0v) is 19.1. The number of imidazole rings is 1.